The minimum absolute atomic E-state index is 0.0669. The summed E-state index contributed by atoms with van der Waals surface area (Å²) in [6.45, 7) is 2.65. The first-order valence-electron chi connectivity index (χ1n) is 8.45. The largest absolute Gasteiger partial charge is 0.743 e. The topological polar surface area (TPSA) is 92.7 Å². The van der Waals surface area contributed by atoms with Gasteiger partial charge in [-0.3, -0.25) is 4.79 Å². The van der Waals surface area contributed by atoms with E-state index in [4.69, 9.17) is 4.43 Å². The highest BCUT2D eigenvalue weighted by Gasteiger charge is 2.39. The third-order valence-electron chi connectivity index (χ3n) is 3.98. The number of hydrogen-bond acceptors (Lipinski definition) is 6. The third-order valence-corrected chi connectivity index (χ3v) is 7.49. The first kappa shape index (κ1) is 24.4. The highest BCUT2D eigenvalue weighted by molar-refractivity contribution is 7.86. The molecule has 10 heteroatoms. The molecule has 0 aromatic carbocycles. The summed E-state index contributed by atoms with van der Waals surface area (Å²) in [5, 5.41) is -4.58. The van der Waals surface area contributed by atoms with Crippen LogP contribution in [0.15, 0.2) is 0 Å². The summed E-state index contributed by atoms with van der Waals surface area (Å²) in [6, 6.07) is 1.14. The van der Waals surface area contributed by atoms with Crippen molar-refractivity contribution in [1.29, 1.82) is 0 Å². The molecule has 0 N–H and O–H groups in total. The van der Waals surface area contributed by atoms with Crippen LogP contribution >= 0.6 is 0 Å². The van der Waals surface area contributed by atoms with E-state index in [-0.39, 0.29) is 6.42 Å². The lowest BCUT2D eigenvalue weighted by atomic mass is 10.1. The Balaban J connectivity index is 3.62. The Morgan fingerprint density at radius 1 is 1.04 bits per heavy atom. The number of ether oxygens (including phenoxy) is 1. The zero-order valence-electron chi connectivity index (χ0n) is 15.2. The van der Waals surface area contributed by atoms with E-state index in [0.29, 0.717) is 6.42 Å². The van der Waals surface area contributed by atoms with Gasteiger partial charge >= 0.3 is 11.2 Å². The van der Waals surface area contributed by atoms with Crippen LogP contribution in [-0.4, -0.2) is 46.2 Å². The fraction of sp³-hybridized carbons (Fsp3) is 0.933. The molecular formula is C15H29F2O6SSi-. The Hall–Kier alpha value is -0.583. The van der Waals surface area contributed by atoms with Crippen LogP contribution in [0.25, 0.3) is 0 Å². The van der Waals surface area contributed by atoms with Crippen LogP contribution in [0.5, 0.6) is 0 Å². The Labute approximate surface area is 150 Å². The molecule has 0 saturated heterocycles. The SMILES string of the molecule is CO[Si](C)(C)CCCCCCCCCC(=O)OCC(F)(F)S(=O)(=O)[O-]. The summed E-state index contributed by atoms with van der Waals surface area (Å²) in [4.78, 5) is 11.3. The molecule has 0 spiro atoms. The lowest BCUT2D eigenvalue weighted by Crippen LogP contribution is -2.34. The lowest BCUT2D eigenvalue weighted by molar-refractivity contribution is -0.149. The summed E-state index contributed by atoms with van der Waals surface area (Å²) in [5.41, 5.74) is 0. The summed E-state index contributed by atoms with van der Waals surface area (Å²) in [7, 11) is -5.52. The summed E-state index contributed by atoms with van der Waals surface area (Å²) in [5.74, 6) is -0.921. The molecule has 150 valence electrons. The van der Waals surface area contributed by atoms with Gasteiger partial charge in [-0.2, -0.15) is 8.78 Å². The average Bonchev–Trinajstić information content (AvgIpc) is 2.50. The zero-order valence-corrected chi connectivity index (χ0v) is 17.0. The van der Waals surface area contributed by atoms with Crippen LogP contribution in [0.2, 0.25) is 19.1 Å². The van der Waals surface area contributed by atoms with Crippen molar-refractivity contribution in [2.24, 2.45) is 0 Å². The number of carbonyl (C=O) groups excluding carboxylic acids is 1. The van der Waals surface area contributed by atoms with Crippen LogP contribution in [0, 0.1) is 0 Å². The Morgan fingerprint density at radius 3 is 2.00 bits per heavy atom. The fourth-order valence-electron chi connectivity index (χ4n) is 2.11. The maximum atomic E-state index is 12.8. The third kappa shape index (κ3) is 11.6. The highest BCUT2D eigenvalue weighted by atomic mass is 32.2. The molecule has 25 heavy (non-hydrogen) atoms. The van der Waals surface area contributed by atoms with Crippen molar-refractivity contribution in [1.82, 2.24) is 0 Å². The minimum atomic E-state index is -5.82. The normalized spacial score (nSPS) is 13.0. The zero-order chi connectivity index (χ0) is 19.6. The van der Waals surface area contributed by atoms with Gasteiger partial charge in [0, 0.05) is 13.5 Å². The molecule has 0 aromatic rings. The first-order chi connectivity index (χ1) is 11.4. The molecule has 0 saturated carbocycles. The number of esters is 1. The Bertz CT molecular complexity index is 496. The fourth-order valence-corrected chi connectivity index (χ4v) is 3.62. The number of hydrogen-bond donors (Lipinski definition) is 0. The molecule has 0 rings (SSSR count). The van der Waals surface area contributed by atoms with Gasteiger partial charge in [0.25, 0.3) is 0 Å². The van der Waals surface area contributed by atoms with E-state index in [1.54, 1.807) is 7.11 Å². The number of unbranched alkanes of at least 4 members (excludes halogenated alkanes) is 6. The molecule has 0 bridgehead atoms. The number of halogens is 2. The van der Waals surface area contributed by atoms with Crippen molar-refractivity contribution in [2.75, 3.05) is 13.7 Å². The van der Waals surface area contributed by atoms with E-state index in [1.165, 1.54) is 0 Å². The second kappa shape index (κ2) is 11.2. The van der Waals surface area contributed by atoms with Crippen molar-refractivity contribution < 1.29 is 35.7 Å². The van der Waals surface area contributed by atoms with E-state index in [0.717, 1.165) is 44.6 Å². The predicted molar refractivity (Wildman–Crippen MR) is 91.8 cm³/mol. The molecule has 0 fully saturated rings. The standard InChI is InChI=1S/C15H30F2O6SSi/c1-22-25(2,3)12-10-8-6-4-5-7-9-11-14(18)23-13-15(16,17)24(19,20)21/h4-13H2,1-3H3,(H,19,20,21)/p-1. The maximum Gasteiger partial charge on any atom is 0.367 e. The summed E-state index contributed by atoms with van der Waals surface area (Å²) in [6.07, 6.45) is 6.55. The van der Waals surface area contributed by atoms with Crippen molar-refractivity contribution in [3.8, 4) is 0 Å². The average molecular weight is 404 g/mol. The molecule has 0 radical (unpaired) electrons. The molecule has 6 nitrogen and oxygen atoms in total. The summed E-state index contributed by atoms with van der Waals surface area (Å²) < 4.78 is 66.0. The van der Waals surface area contributed by atoms with Crippen molar-refractivity contribution in [3.63, 3.8) is 0 Å². The van der Waals surface area contributed by atoms with Crippen LogP contribution in [0.4, 0.5) is 8.78 Å². The van der Waals surface area contributed by atoms with Crippen molar-refractivity contribution in [2.45, 2.75) is 75.8 Å². The number of carbonyl (C=O) groups is 1. The van der Waals surface area contributed by atoms with Gasteiger partial charge in [0.05, 0.1) is 0 Å². The van der Waals surface area contributed by atoms with Gasteiger partial charge in [-0.05, 0) is 25.6 Å². The van der Waals surface area contributed by atoms with Gasteiger partial charge in [0.1, 0.15) is 0 Å². The maximum absolute atomic E-state index is 12.8. The minimum Gasteiger partial charge on any atom is -0.743 e. The van der Waals surface area contributed by atoms with Gasteiger partial charge < -0.3 is 13.7 Å². The van der Waals surface area contributed by atoms with Gasteiger partial charge in [-0.15, -0.1) is 0 Å². The highest BCUT2D eigenvalue weighted by Crippen LogP contribution is 2.21. The van der Waals surface area contributed by atoms with E-state index in [2.05, 4.69) is 17.8 Å². The second-order valence-electron chi connectivity index (χ2n) is 6.69. The molecule has 0 heterocycles. The monoisotopic (exact) mass is 403 g/mol. The van der Waals surface area contributed by atoms with Crippen molar-refractivity contribution in [3.05, 3.63) is 0 Å². The van der Waals surface area contributed by atoms with Crippen LogP contribution in [0.1, 0.15) is 51.4 Å². The Morgan fingerprint density at radius 2 is 1.52 bits per heavy atom. The van der Waals surface area contributed by atoms with E-state index >= 15 is 0 Å². The molecule has 0 aliphatic carbocycles. The second-order valence-corrected chi connectivity index (χ2v) is 12.6. The van der Waals surface area contributed by atoms with Crippen molar-refractivity contribution >= 4 is 24.4 Å². The molecule has 0 amide bonds. The van der Waals surface area contributed by atoms with Gasteiger partial charge in [0.2, 0.25) is 0 Å². The van der Waals surface area contributed by atoms with Gasteiger partial charge in [-0.25, -0.2) is 8.42 Å². The molecular weight excluding hydrogens is 374 g/mol. The molecule has 0 aliphatic heterocycles. The molecule has 0 unspecified atom stereocenters. The number of rotatable bonds is 14. The van der Waals surface area contributed by atoms with Crippen LogP contribution in [-0.2, 0) is 24.1 Å². The van der Waals surface area contributed by atoms with Crippen LogP contribution in [0.3, 0.4) is 0 Å². The smallest absolute Gasteiger partial charge is 0.367 e. The Kier molecular flexibility index (Phi) is 10.9. The quantitative estimate of drug-likeness (QED) is 0.190. The summed E-state index contributed by atoms with van der Waals surface area (Å²) >= 11 is 0. The van der Waals surface area contributed by atoms with E-state index in [1.807, 2.05) is 0 Å². The number of alkyl halides is 2. The van der Waals surface area contributed by atoms with Gasteiger partial charge in [0.15, 0.2) is 25.0 Å². The molecule has 0 aromatic heterocycles. The van der Waals surface area contributed by atoms with Crippen LogP contribution < -0.4 is 0 Å². The van der Waals surface area contributed by atoms with Gasteiger partial charge in [-0.1, -0.05) is 38.5 Å². The molecule has 0 aliphatic rings. The molecule has 0 atom stereocenters. The van der Waals surface area contributed by atoms with E-state index < -0.39 is 36.3 Å². The lowest BCUT2D eigenvalue weighted by Gasteiger charge is -2.19. The van der Waals surface area contributed by atoms with E-state index in [9.17, 15) is 26.5 Å². The first-order valence-corrected chi connectivity index (χ1v) is 13.0. The predicted octanol–water partition coefficient (Wildman–Crippen LogP) is 3.64.